The van der Waals surface area contributed by atoms with Crippen LogP contribution in [0.1, 0.15) is 32.8 Å². The zero-order valence-electron chi connectivity index (χ0n) is 22.8. The maximum Gasteiger partial charge on any atom is 0.264 e. The van der Waals surface area contributed by atoms with Crippen LogP contribution in [-0.2, 0) is 26.2 Å². The zero-order valence-corrected chi connectivity index (χ0v) is 24.4. The Morgan fingerprint density at radius 2 is 1.57 bits per heavy atom. The number of halogens is 2. The summed E-state index contributed by atoms with van der Waals surface area (Å²) in [5, 5.41) is 3.36. The number of amides is 2. The first-order valence-electron chi connectivity index (χ1n) is 12.7. The quantitative estimate of drug-likeness (QED) is 0.320. The first-order chi connectivity index (χ1) is 19.0. The van der Waals surface area contributed by atoms with Crippen molar-refractivity contribution in [2.75, 3.05) is 18.0 Å². The third-order valence-corrected chi connectivity index (χ3v) is 8.16. The lowest BCUT2D eigenvalue weighted by Crippen LogP contribution is -2.53. The third kappa shape index (κ3) is 7.73. The van der Waals surface area contributed by atoms with Crippen molar-refractivity contribution in [1.82, 2.24) is 10.2 Å². The smallest absolute Gasteiger partial charge is 0.264 e. The Morgan fingerprint density at radius 1 is 0.975 bits per heavy atom. The maximum atomic E-state index is 14.0. The van der Waals surface area contributed by atoms with Crippen molar-refractivity contribution in [1.29, 1.82) is 0 Å². The zero-order chi connectivity index (χ0) is 29.4. The number of methoxy groups -OCH3 is 1. The molecule has 0 saturated heterocycles. The molecule has 0 aliphatic rings. The molecule has 3 aromatic carbocycles. The molecule has 0 heterocycles. The van der Waals surface area contributed by atoms with Gasteiger partial charge in [0.25, 0.3) is 10.0 Å². The molecule has 8 nitrogen and oxygen atoms in total. The number of carbonyl (C=O) groups excluding carboxylic acids is 2. The van der Waals surface area contributed by atoms with E-state index >= 15 is 0 Å². The molecule has 40 heavy (non-hydrogen) atoms. The minimum atomic E-state index is -4.28. The highest BCUT2D eigenvalue weighted by molar-refractivity contribution is 7.92. The van der Waals surface area contributed by atoms with Crippen LogP contribution in [-0.4, -0.2) is 50.9 Å². The number of hydrogen-bond acceptors (Lipinski definition) is 5. The summed E-state index contributed by atoms with van der Waals surface area (Å²) in [6.45, 7) is 4.82. The highest BCUT2D eigenvalue weighted by Gasteiger charge is 2.34. The molecule has 214 valence electrons. The van der Waals surface area contributed by atoms with E-state index in [9.17, 15) is 22.4 Å². The van der Waals surface area contributed by atoms with Gasteiger partial charge < -0.3 is 15.0 Å². The molecule has 0 spiro atoms. The molecule has 3 rings (SSSR count). The fraction of sp³-hybridized carbons (Fsp3) is 0.310. The monoisotopic (exact) mass is 589 g/mol. The van der Waals surface area contributed by atoms with Gasteiger partial charge in [0.1, 0.15) is 24.2 Å². The first-order valence-corrected chi connectivity index (χ1v) is 14.5. The average Bonchev–Trinajstić information content (AvgIpc) is 2.92. The Labute approximate surface area is 239 Å². The maximum absolute atomic E-state index is 14.0. The van der Waals surface area contributed by atoms with Gasteiger partial charge in [-0.15, -0.1) is 0 Å². The predicted molar refractivity (Wildman–Crippen MR) is 153 cm³/mol. The van der Waals surface area contributed by atoms with E-state index in [2.05, 4.69) is 5.32 Å². The van der Waals surface area contributed by atoms with Gasteiger partial charge in [-0.3, -0.25) is 13.9 Å². The summed E-state index contributed by atoms with van der Waals surface area (Å²) in [4.78, 5) is 28.4. The predicted octanol–water partition coefficient (Wildman–Crippen LogP) is 5.02. The van der Waals surface area contributed by atoms with Crippen molar-refractivity contribution in [3.8, 4) is 5.75 Å². The van der Waals surface area contributed by atoms with Gasteiger partial charge in [-0.25, -0.2) is 12.8 Å². The van der Waals surface area contributed by atoms with Gasteiger partial charge in [0.15, 0.2) is 0 Å². The molecule has 11 heteroatoms. The Bertz CT molecular complexity index is 1400. The summed E-state index contributed by atoms with van der Waals surface area (Å²) in [6.07, 6.45) is 0.291. The number of nitrogens with one attached hydrogen (secondary N) is 1. The van der Waals surface area contributed by atoms with Crippen LogP contribution in [0.25, 0.3) is 0 Å². The summed E-state index contributed by atoms with van der Waals surface area (Å²) >= 11 is 6.03. The van der Waals surface area contributed by atoms with E-state index < -0.39 is 34.3 Å². The van der Waals surface area contributed by atoms with Gasteiger partial charge >= 0.3 is 0 Å². The summed E-state index contributed by atoms with van der Waals surface area (Å²) in [5.74, 6) is -1.06. The molecular formula is C29H33ClFN3O5S. The van der Waals surface area contributed by atoms with Crippen LogP contribution in [0.4, 0.5) is 10.1 Å². The molecule has 0 unspecified atom stereocenters. The fourth-order valence-electron chi connectivity index (χ4n) is 4.10. The molecule has 2 amide bonds. The summed E-state index contributed by atoms with van der Waals surface area (Å²) < 4.78 is 47.4. The van der Waals surface area contributed by atoms with Gasteiger partial charge in [-0.1, -0.05) is 30.7 Å². The normalized spacial score (nSPS) is 12.1. The van der Waals surface area contributed by atoms with Crippen molar-refractivity contribution in [3.63, 3.8) is 0 Å². The highest BCUT2D eigenvalue weighted by atomic mass is 35.5. The Hall–Kier alpha value is -3.63. The molecule has 0 bridgehead atoms. The Morgan fingerprint density at radius 3 is 2.10 bits per heavy atom. The number of anilines is 1. The van der Waals surface area contributed by atoms with E-state index in [0.29, 0.717) is 22.8 Å². The lowest BCUT2D eigenvalue weighted by atomic mass is 10.1. The van der Waals surface area contributed by atoms with Crippen LogP contribution in [0.2, 0.25) is 5.02 Å². The molecule has 1 N–H and O–H groups in total. The number of ether oxygens (including phenoxy) is 1. The largest absolute Gasteiger partial charge is 0.497 e. The Balaban J connectivity index is 2.05. The SMILES string of the molecule is CC[C@@H](C(=O)NC(C)C)N(Cc1ccc(Cl)cc1)C(=O)CN(c1ccc(F)cc1)S(=O)(=O)c1ccc(OC)cc1. The molecule has 0 fully saturated rings. The van der Waals surface area contributed by atoms with Crippen molar-refractivity contribution in [2.24, 2.45) is 0 Å². The third-order valence-electron chi connectivity index (χ3n) is 6.12. The van der Waals surface area contributed by atoms with E-state index in [1.807, 2.05) is 13.8 Å². The number of carbonyl (C=O) groups is 2. The van der Waals surface area contributed by atoms with E-state index in [-0.39, 0.29) is 29.1 Å². The van der Waals surface area contributed by atoms with Crippen LogP contribution in [0.5, 0.6) is 5.75 Å². The lowest BCUT2D eigenvalue weighted by Gasteiger charge is -2.33. The standard InChI is InChI=1S/C29H33ClFN3O5S/c1-5-27(29(36)32-20(2)3)33(18-21-6-8-22(30)9-7-21)28(35)19-34(24-12-10-23(31)11-13-24)40(37,38)26-16-14-25(39-4)15-17-26/h6-17,20,27H,5,18-19H2,1-4H3,(H,32,36)/t27-/m0/s1. The molecular weight excluding hydrogens is 557 g/mol. The topological polar surface area (TPSA) is 96.0 Å². The van der Waals surface area contributed by atoms with Gasteiger partial charge in [-0.05, 0) is 86.5 Å². The minimum Gasteiger partial charge on any atom is -0.497 e. The second-order valence-corrected chi connectivity index (χ2v) is 11.7. The van der Waals surface area contributed by atoms with E-state index in [0.717, 1.165) is 16.4 Å². The average molecular weight is 590 g/mol. The van der Waals surface area contributed by atoms with Crippen LogP contribution < -0.4 is 14.4 Å². The molecule has 1 atom stereocenters. The molecule has 0 aliphatic heterocycles. The first kappa shape index (κ1) is 30.9. The molecule has 0 saturated carbocycles. The number of sulfonamides is 1. The molecule has 0 aromatic heterocycles. The van der Waals surface area contributed by atoms with Crippen molar-refractivity contribution in [2.45, 2.75) is 50.7 Å². The Kier molecular flexibility index (Phi) is 10.5. The molecule has 3 aromatic rings. The number of rotatable bonds is 12. The number of benzene rings is 3. The summed E-state index contributed by atoms with van der Waals surface area (Å²) in [7, 11) is -2.82. The van der Waals surface area contributed by atoms with Gasteiger partial charge in [0.2, 0.25) is 11.8 Å². The molecule has 0 aliphatic carbocycles. The summed E-state index contributed by atoms with van der Waals surface area (Å²) in [6, 6.07) is 16.3. The van der Waals surface area contributed by atoms with Gasteiger partial charge in [0, 0.05) is 17.6 Å². The second kappa shape index (κ2) is 13.6. The number of nitrogens with zero attached hydrogens (tertiary/aromatic N) is 2. The highest BCUT2D eigenvalue weighted by Crippen LogP contribution is 2.26. The van der Waals surface area contributed by atoms with Crippen LogP contribution in [0.3, 0.4) is 0 Å². The van der Waals surface area contributed by atoms with Crippen LogP contribution in [0.15, 0.2) is 77.7 Å². The fourth-order valence-corrected chi connectivity index (χ4v) is 5.64. The van der Waals surface area contributed by atoms with E-state index in [1.165, 1.54) is 48.4 Å². The van der Waals surface area contributed by atoms with E-state index in [1.54, 1.807) is 31.2 Å². The molecule has 0 radical (unpaired) electrons. The van der Waals surface area contributed by atoms with Crippen LogP contribution in [0, 0.1) is 5.82 Å². The summed E-state index contributed by atoms with van der Waals surface area (Å²) in [5.41, 5.74) is 0.802. The van der Waals surface area contributed by atoms with Crippen molar-refractivity contribution < 1.29 is 27.1 Å². The second-order valence-electron chi connectivity index (χ2n) is 9.40. The lowest BCUT2D eigenvalue weighted by molar-refractivity contribution is -0.140. The minimum absolute atomic E-state index is 0.0415. The van der Waals surface area contributed by atoms with Gasteiger partial charge in [0.05, 0.1) is 17.7 Å². The van der Waals surface area contributed by atoms with Crippen LogP contribution >= 0.6 is 11.6 Å². The van der Waals surface area contributed by atoms with E-state index in [4.69, 9.17) is 16.3 Å². The van der Waals surface area contributed by atoms with Crippen molar-refractivity contribution in [3.05, 3.63) is 89.2 Å². The van der Waals surface area contributed by atoms with Gasteiger partial charge in [-0.2, -0.15) is 0 Å². The number of hydrogen-bond donors (Lipinski definition) is 1. The van der Waals surface area contributed by atoms with Crippen molar-refractivity contribution >= 4 is 39.1 Å².